The number of thiophene rings is 1. The van der Waals surface area contributed by atoms with E-state index in [0.29, 0.717) is 19.4 Å². The van der Waals surface area contributed by atoms with Crippen molar-refractivity contribution in [3.8, 4) is 11.3 Å². The zero-order chi connectivity index (χ0) is 42.9. The number of benzene rings is 3. The Hall–Kier alpha value is -6.02. The molecule has 62 heavy (non-hydrogen) atoms. The fraction of sp³-hybridized carbons (Fsp3) is 0.417. The van der Waals surface area contributed by atoms with Crippen LogP contribution in [0.4, 0.5) is 11.4 Å². The number of piperidine rings is 1. The summed E-state index contributed by atoms with van der Waals surface area (Å²) in [7, 11) is 1.73. The molecule has 3 aromatic heterocycles. The number of nitrogens with zero attached hydrogens (tertiary/aromatic N) is 5. The van der Waals surface area contributed by atoms with Crippen molar-refractivity contribution in [2.24, 2.45) is 7.05 Å². The Morgan fingerprint density at radius 2 is 1.60 bits per heavy atom. The molecular weight excluding hydrogens is 801 g/mol. The lowest BCUT2D eigenvalue weighted by atomic mass is 10.0. The molecule has 3 aromatic carbocycles. The number of anilines is 2. The lowest BCUT2D eigenvalue weighted by Gasteiger charge is -2.36. The molecule has 0 aliphatic carbocycles. The number of unbranched alkanes of at least 4 members (excludes halogenated alkanes) is 6. The van der Waals surface area contributed by atoms with Crippen LogP contribution in [0.5, 0.6) is 0 Å². The highest BCUT2D eigenvalue weighted by molar-refractivity contribution is 7.21. The van der Waals surface area contributed by atoms with Gasteiger partial charge < -0.3 is 20.4 Å². The second kappa shape index (κ2) is 17.8. The van der Waals surface area contributed by atoms with Crippen LogP contribution in [0.2, 0.25) is 0 Å². The number of fused-ring (bicyclic) bond motifs is 6. The predicted octanol–water partition coefficient (Wildman–Crippen LogP) is 7.30. The molecule has 0 saturated carbocycles. The smallest absolute Gasteiger partial charge is 0.329 e. The molecule has 0 radical (unpaired) electrons. The molecule has 14 heteroatoms. The van der Waals surface area contributed by atoms with E-state index in [9.17, 15) is 24.0 Å². The number of carbonyl (C=O) groups excluding carboxylic acids is 4. The van der Waals surface area contributed by atoms with Crippen LogP contribution in [0, 0.1) is 0 Å². The van der Waals surface area contributed by atoms with Crippen molar-refractivity contribution in [1.29, 1.82) is 0 Å². The monoisotopic (exact) mass is 854 g/mol. The minimum absolute atomic E-state index is 0.0267. The standard InChI is InChI=1S/C48H54N8O5S/c1-30-29-49-44-43-34-17-18-35(51-36(34)19-22-40(43)62-45(44)47(60)50-30)32-13-15-33(16-14-32)54-24-26-55(27-25-54)42(58)11-9-7-5-3-4-6-8-10-31-12-20-37-39(28-31)53(2)48(61)56(37)38-21-23-41(57)52-46(38)59/h12-20,22,28,30,38,49H,3-11,21,23-27,29H2,1-2H3,(H,50,60)(H,52,57,59)/t30-,38?/m1/s1. The number of aromatic nitrogens is 3. The molecule has 2 saturated heterocycles. The zero-order valence-electron chi connectivity index (χ0n) is 35.5. The van der Waals surface area contributed by atoms with Crippen molar-refractivity contribution in [2.75, 3.05) is 42.9 Å². The van der Waals surface area contributed by atoms with Gasteiger partial charge in [-0.25, -0.2) is 9.78 Å². The summed E-state index contributed by atoms with van der Waals surface area (Å²) in [6, 6.07) is 22.3. The fourth-order valence-corrected chi connectivity index (χ4v) is 10.5. The van der Waals surface area contributed by atoms with Crippen molar-refractivity contribution < 1.29 is 19.2 Å². The number of hydrogen-bond acceptors (Lipinski definition) is 9. The zero-order valence-corrected chi connectivity index (χ0v) is 36.3. The number of imide groups is 1. The maximum atomic E-state index is 13.1. The first-order valence-corrected chi connectivity index (χ1v) is 23.0. The summed E-state index contributed by atoms with van der Waals surface area (Å²) in [5.74, 6) is -0.480. The Morgan fingerprint density at radius 1 is 0.839 bits per heavy atom. The van der Waals surface area contributed by atoms with Crippen LogP contribution in [0.25, 0.3) is 43.3 Å². The predicted molar refractivity (Wildman–Crippen MR) is 246 cm³/mol. The number of hydrogen-bond donors (Lipinski definition) is 3. The highest BCUT2D eigenvalue weighted by atomic mass is 32.1. The number of nitrogens with one attached hydrogen (secondary N) is 3. The van der Waals surface area contributed by atoms with Crippen LogP contribution in [-0.2, 0) is 27.9 Å². The fourth-order valence-electron chi connectivity index (χ4n) is 9.38. The van der Waals surface area contributed by atoms with Crippen LogP contribution in [0.3, 0.4) is 0 Å². The number of aryl methyl sites for hydroxylation is 2. The lowest BCUT2D eigenvalue weighted by molar-refractivity contribution is -0.136. The summed E-state index contributed by atoms with van der Waals surface area (Å²) in [6.45, 7) is 5.78. The van der Waals surface area contributed by atoms with Crippen LogP contribution in [0.1, 0.15) is 92.4 Å². The largest absolute Gasteiger partial charge is 0.381 e. The number of carbonyl (C=O) groups is 4. The van der Waals surface area contributed by atoms with E-state index < -0.39 is 11.9 Å². The number of piperazine rings is 1. The second-order valence-electron chi connectivity index (χ2n) is 17.2. The molecule has 0 spiro atoms. The van der Waals surface area contributed by atoms with E-state index in [0.717, 1.165) is 137 Å². The Labute approximate surface area is 364 Å². The van der Waals surface area contributed by atoms with Gasteiger partial charge in [-0.15, -0.1) is 11.3 Å². The molecule has 322 valence electrons. The van der Waals surface area contributed by atoms with Crippen molar-refractivity contribution in [3.05, 3.63) is 87.7 Å². The highest BCUT2D eigenvalue weighted by Crippen LogP contribution is 2.41. The molecule has 13 nitrogen and oxygen atoms in total. The number of imidazole rings is 1. The van der Waals surface area contributed by atoms with Gasteiger partial charge in [-0.1, -0.05) is 50.3 Å². The Balaban J connectivity index is 0.683. The van der Waals surface area contributed by atoms with Gasteiger partial charge in [0.05, 0.1) is 27.9 Å². The summed E-state index contributed by atoms with van der Waals surface area (Å²) in [5.41, 5.74) is 7.36. The van der Waals surface area contributed by atoms with Crippen molar-refractivity contribution in [1.82, 2.24) is 29.7 Å². The SMILES string of the molecule is C[C@@H]1CNc2c(sc3ccc4nc(-c5ccc(N6CCN(C(=O)CCCCCCCCCc7ccc8c(c7)n(C)c(=O)n8C7CCC(=O)NC7=O)CC6)cc5)ccc4c23)C(=O)N1. The quantitative estimate of drug-likeness (QED) is 0.0810. The van der Waals surface area contributed by atoms with E-state index in [1.54, 1.807) is 11.6 Å². The third-order valence-electron chi connectivity index (χ3n) is 12.9. The number of amides is 4. The molecule has 0 bridgehead atoms. The highest BCUT2D eigenvalue weighted by Gasteiger charge is 2.31. The molecule has 4 amide bonds. The minimum Gasteiger partial charge on any atom is -0.381 e. The van der Waals surface area contributed by atoms with Gasteiger partial charge in [0.15, 0.2) is 0 Å². The third kappa shape index (κ3) is 8.32. The van der Waals surface area contributed by atoms with Crippen molar-refractivity contribution >= 4 is 78.4 Å². The average molecular weight is 855 g/mol. The Kier molecular flexibility index (Phi) is 11.8. The first-order chi connectivity index (χ1) is 30.1. The normalized spacial score (nSPS) is 18.2. The van der Waals surface area contributed by atoms with E-state index in [1.807, 2.05) is 30.0 Å². The molecule has 1 unspecified atom stereocenters. The molecule has 3 aliphatic heterocycles. The summed E-state index contributed by atoms with van der Waals surface area (Å²) in [5, 5.41) is 11.0. The summed E-state index contributed by atoms with van der Waals surface area (Å²) < 4.78 is 4.19. The van der Waals surface area contributed by atoms with Gasteiger partial charge in [0.2, 0.25) is 17.7 Å². The van der Waals surface area contributed by atoms with Crippen LogP contribution in [-0.4, -0.2) is 81.4 Å². The summed E-state index contributed by atoms with van der Waals surface area (Å²) in [4.78, 5) is 73.2. The lowest BCUT2D eigenvalue weighted by Crippen LogP contribution is -2.48. The molecule has 2 atom stereocenters. The van der Waals surface area contributed by atoms with E-state index >= 15 is 0 Å². The topological polar surface area (TPSA) is 151 Å². The molecule has 6 heterocycles. The number of rotatable bonds is 13. The number of pyridine rings is 1. The van der Waals surface area contributed by atoms with E-state index in [1.165, 1.54) is 21.5 Å². The van der Waals surface area contributed by atoms with Crippen LogP contribution >= 0.6 is 11.3 Å². The Bertz CT molecular complexity index is 2750. The maximum Gasteiger partial charge on any atom is 0.329 e. The van der Waals surface area contributed by atoms with Gasteiger partial charge in [-0.05, 0) is 86.7 Å². The van der Waals surface area contributed by atoms with E-state index in [-0.39, 0.29) is 35.9 Å². The van der Waals surface area contributed by atoms with E-state index in [4.69, 9.17) is 4.98 Å². The maximum absolute atomic E-state index is 13.1. The van der Waals surface area contributed by atoms with Gasteiger partial charge in [-0.3, -0.25) is 33.6 Å². The van der Waals surface area contributed by atoms with E-state index in [2.05, 4.69) is 69.4 Å². The van der Waals surface area contributed by atoms with Crippen LogP contribution < -0.4 is 26.5 Å². The second-order valence-corrected chi connectivity index (χ2v) is 18.2. The van der Waals surface area contributed by atoms with Gasteiger partial charge in [0, 0.05) is 85.4 Å². The van der Waals surface area contributed by atoms with Gasteiger partial charge in [0.25, 0.3) is 5.91 Å². The van der Waals surface area contributed by atoms with Gasteiger partial charge in [-0.2, -0.15) is 0 Å². The van der Waals surface area contributed by atoms with Crippen molar-refractivity contribution in [3.63, 3.8) is 0 Å². The molecule has 2 fully saturated rings. The molecule has 3 aliphatic rings. The minimum atomic E-state index is -0.672. The molecule has 9 rings (SSSR count). The first-order valence-electron chi connectivity index (χ1n) is 22.2. The Morgan fingerprint density at radius 3 is 2.37 bits per heavy atom. The summed E-state index contributed by atoms with van der Waals surface area (Å²) >= 11 is 1.52. The third-order valence-corrected chi connectivity index (χ3v) is 14.0. The average Bonchev–Trinajstić information content (AvgIpc) is 3.73. The van der Waals surface area contributed by atoms with Gasteiger partial charge in [0.1, 0.15) is 10.9 Å². The molecule has 3 N–H and O–H groups in total. The summed E-state index contributed by atoms with van der Waals surface area (Å²) in [6.07, 6.45) is 9.70. The molecule has 6 aromatic rings. The van der Waals surface area contributed by atoms with Crippen molar-refractivity contribution in [2.45, 2.75) is 89.6 Å². The van der Waals surface area contributed by atoms with Crippen LogP contribution in [0.15, 0.2) is 71.5 Å². The first kappa shape index (κ1) is 41.3. The molecular formula is C48H54N8O5S. The van der Waals surface area contributed by atoms with Gasteiger partial charge >= 0.3 is 5.69 Å².